The van der Waals surface area contributed by atoms with Gasteiger partial charge in [0, 0.05) is 57.6 Å². The van der Waals surface area contributed by atoms with Gasteiger partial charge in [0.2, 0.25) is 5.91 Å². The Bertz CT molecular complexity index is 1060. The molecular formula is C34H49N3O3. The Morgan fingerprint density at radius 2 is 1.38 bits per heavy atom. The SMILES string of the molecule is CC(C)(C)OC(=O)N1CCC(CC(=O)N2CCN(CC(c3ccccc3)c3ccccc3)C[C@@H]2C(C)(C)C)CC1. The molecule has 2 amide bonds. The van der Waals surface area contributed by atoms with Gasteiger partial charge < -0.3 is 14.5 Å². The molecule has 4 rings (SSSR count). The van der Waals surface area contributed by atoms with Crippen LogP contribution in [0.15, 0.2) is 60.7 Å². The van der Waals surface area contributed by atoms with Crippen LogP contribution in [0.2, 0.25) is 0 Å². The summed E-state index contributed by atoms with van der Waals surface area (Å²) in [6.07, 6.45) is 2.01. The molecular weight excluding hydrogens is 498 g/mol. The van der Waals surface area contributed by atoms with Crippen molar-refractivity contribution in [2.75, 3.05) is 39.3 Å². The molecule has 1 atom stereocenters. The first-order valence-electron chi connectivity index (χ1n) is 15.0. The van der Waals surface area contributed by atoms with Crippen molar-refractivity contribution in [3.05, 3.63) is 71.8 Å². The highest BCUT2D eigenvalue weighted by Crippen LogP contribution is 2.32. The largest absolute Gasteiger partial charge is 0.444 e. The van der Waals surface area contributed by atoms with Crippen molar-refractivity contribution in [3.8, 4) is 0 Å². The molecule has 2 fully saturated rings. The lowest BCUT2D eigenvalue weighted by atomic mass is 9.82. The van der Waals surface area contributed by atoms with Gasteiger partial charge in [0.1, 0.15) is 5.60 Å². The minimum absolute atomic E-state index is 0.0244. The van der Waals surface area contributed by atoms with Gasteiger partial charge in [-0.25, -0.2) is 4.79 Å². The van der Waals surface area contributed by atoms with E-state index in [1.165, 1.54) is 11.1 Å². The molecule has 0 aromatic heterocycles. The average Bonchev–Trinajstić information content (AvgIpc) is 2.91. The minimum atomic E-state index is -0.490. The number of amides is 2. The van der Waals surface area contributed by atoms with Crippen molar-refractivity contribution >= 4 is 12.0 Å². The zero-order valence-corrected chi connectivity index (χ0v) is 25.4. The summed E-state index contributed by atoms with van der Waals surface area (Å²) in [5.41, 5.74) is 2.15. The van der Waals surface area contributed by atoms with E-state index >= 15 is 0 Å². The van der Waals surface area contributed by atoms with E-state index in [9.17, 15) is 9.59 Å². The molecule has 0 saturated carbocycles. The summed E-state index contributed by atoms with van der Waals surface area (Å²) in [6, 6.07) is 21.7. The monoisotopic (exact) mass is 547 g/mol. The Morgan fingerprint density at radius 3 is 1.88 bits per heavy atom. The van der Waals surface area contributed by atoms with Crippen LogP contribution in [0.4, 0.5) is 4.79 Å². The van der Waals surface area contributed by atoms with Crippen LogP contribution in [-0.2, 0) is 9.53 Å². The Hall–Kier alpha value is -2.86. The van der Waals surface area contributed by atoms with Crippen molar-refractivity contribution in [2.24, 2.45) is 11.3 Å². The lowest BCUT2D eigenvalue weighted by Crippen LogP contribution is -2.60. The topological polar surface area (TPSA) is 53.1 Å². The number of nitrogens with zero attached hydrogens (tertiary/aromatic N) is 3. The summed E-state index contributed by atoms with van der Waals surface area (Å²) in [6.45, 7) is 17.2. The van der Waals surface area contributed by atoms with E-state index in [1.807, 2.05) is 20.8 Å². The number of carbonyl (C=O) groups is 2. The van der Waals surface area contributed by atoms with Crippen molar-refractivity contribution < 1.29 is 14.3 Å². The molecule has 0 bridgehead atoms. The van der Waals surface area contributed by atoms with Crippen LogP contribution in [-0.4, -0.2) is 77.6 Å². The average molecular weight is 548 g/mol. The highest BCUT2D eigenvalue weighted by molar-refractivity contribution is 5.77. The lowest BCUT2D eigenvalue weighted by Gasteiger charge is -2.48. The molecule has 6 heteroatoms. The molecule has 0 aliphatic carbocycles. The zero-order valence-electron chi connectivity index (χ0n) is 25.4. The van der Waals surface area contributed by atoms with Gasteiger partial charge in [-0.05, 0) is 56.1 Å². The van der Waals surface area contributed by atoms with Crippen molar-refractivity contribution in [2.45, 2.75) is 78.4 Å². The predicted octanol–water partition coefficient (Wildman–Crippen LogP) is 6.41. The zero-order chi connectivity index (χ0) is 28.9. The molecule has 218 valence electrons. The van der Waals surface area contributed by atoms with Crippen LogP contribution in [0.5, 0.6) is 0 Å². The molecule has 2 aromatic rings. The number of ether oxygens (including phenoxy) is 1. The van der Waals surface area contributed by atoms with Crippen LogP contribution in [0, 0.1) is 11.3 Å². The van der Waals surface area contributed by atoms with Crippen molar-refractivity contribution in [3.63, 3.8) is 0 Å². The number of benzene rings is 2. The van der Waals surface area contributed by atoms with Crippen LogP contribution < -0.4 is 0 Å². The Morgan fingerprint density at radius 1 is 0.825 bits per heavy atom. The van der Waals surface area contributed by atoms with Crippen molar-refractivity contribution in [1.29, 1.82) is 0 Å². The normalized spacial score (nSPS) is 19.6. The molecule has 2 saturated heterocycles. The summed E-state index contributed by atoms with van der Waals surface area (Å²) < 4.78 is 5.54. The summed E-state index contributed by atoms with van der Waals surface area (Å²) in [5.74, 6) is 0.865. The number of hydrogen-bond acceptors (Lipinski definition) is 4. The van der Waals surface area contributed by atoms with Gasteiger partial charge in [-0.15, -0.1) is 0 Å². The van der Waals surface area contributed by atoms with E-state index < -0.39 is 5.60 Å². The van der Waals surface area contributed by atoms with Crippen LogP contribution in [0.3, 0.4) is 0 Å². The molecule has 0 spiro atoms. The Balaban J connectivity index is 1.38. The maximum absolute atomic E-state index is 13.7. The van der Waals surface area contributed by atoms with E-state index in [0.717, 1.165) is 39.0 Å². The fourth-order valence-electron chi connectivity index (χ4n) is 6.09. The molecule has 2 heterocycles. The fourth-order valence-corrected chi connectivity index (χ4v) is 6.09. The third-order valence-electron chi connectivity index (χ3n) is 8.36. The molecule has 2 aromatic carbocycles. The first-order valence-corrected chi connectivity index (χ1v) is 15.0. The summed E-state index contributed by atoms with van der Waals surface area (Å²) in [5, 5.41) is 0. The number of likely N-dealkylation sites (tertiary alicyclic amines) is 1. The summed E-state index contributed by atoms with van der Waals surface area (Å²) in [7, 11) is 0. The number of piperidine rings is 1. The van der Waals surface area contributed by atoms with E-state index in [2.05, 4.69) is 91.2 Å². The highest BCUT2D eigenvalue weighted by atomic mass is 16.6. The van der Waals surface area contributed by atoms with E-state index in [-0.39, 0.29) is 23.5 Å². The standard InChI is InChI=1S/C34H49N3O3/c1-33(2,3)30-25-35(24-29(27-13-9-7-10-14-27)28-15-11-8-12-16-28)21-22-37(30)31(38)23-26-17-19-36(20-18-26)32(39)40-34(4,5)6/h7-16,26,29-30H,17-25H2,1-6H3/t30-/m1/s1. The maximum atomic E-state index is 13.7. The van der Waals surface area contributed by atoms with Gasteiger partial charge in [-0.3, -0.25) is 9.69 Å². The third kappa shape index (κ3) is 8.09. The minimum Gasteiger partial charge on any atom is -0.444 e. The smallest absolute Gasteiger partial charge is 0.410 e. The molecule has 6 nitrogen and oxygen atoms in total. The molecule has 0 unspecified atom stereocenters. The highest BCUT2D eigenvalue weighted by Gasteiger charge is 2.39. The number of carbonyl (C=O) groups excluding carboxylic acids is 2. The second-order valence-corrected chi connectivity index (χ2v) is 13.7. The van der Waals surface area contributed by atoms with Crippen LogP contribution in [0.1, 0.15) is 77.8 Å². The van der Waals surface area contributed by atoms with Gasteiger partial charge in [0.15, 0.2) is 0 Å². The first kappa shape index (κ1) is 30.1. The van der Waals surface area contributed by atoms with E-state index in [4.69, 9.17) is 4.74 Å². The van der Waals surface area contributed by atoms with Crippen LogP contribution in [0.25, 0.3) is 0 Å². The van der Waals surface area contributed by atoms with Gasteiger partial charge in [0.05, 0.1) is 0 Å². The number of piperazine rings is 1. The van der Waals surface area contributed by atoms with Gasteiger partial charge in [-0.1, -0.05) is 81.4 Å². The first-order chi connectivity index (χ1) is 18.9. The Kier molecular flexibility index (Phi) is 9.60. The second kappa shape index (κ2) is 12.8. The number of rotatable bonds is 6. The van der Waals surface area contributed by atoms with E-state index in [0.29, 0.717) is 31.3 Å². The molecule has 0 radical (unpaired) electrons. The number of hydrogen-bond donors (Lipinski definition) is 0. The maximum Gasteiger partial charge on any atom is 0.410 e. The summed E-state index contributed by atoms with van der Waals surface area (Å²) >= 11 is 0. The molecule has 2 aliphatic rings. The lowest BCUT2D eigenvalue weighted by molar-refractivity contribution is -0.141. The third-order valence-corrected chi connectivity index (χ3v) is 8.36. The second-order valence-electron chi connectivity index (χ2n) is 13.7. The quantitative estimate of drug-likeness (QED) is 0.419. The molecule has 0 N–H and O–H groups in total. The van der Waals surface area contributed by atoms with Gasteiger partial charge in [0.25, 0.3) is 0 Å². The summed E-state index contributed by atoms with van der Waals surface area (Å²) in [4.78, 5) is 32.7. The predicted molar refractivity (Wildman–Crippen MR) is 161 cm³/mol. The Labute approximate surface area is 241 Å². The fraction of sp³-hybridized carbons (Fsp3) is 0.588. The van der Waals surface area contributed by atoms with Gasteiger partial charge in [-0.2, -0.15) is 0 Å². The van der Waals surface area contributed by atoms with Gasteiger partial charge >= 0.3 is 6.09 Å². The van der Waals surface area contributed by atoms with Crippen molar-refractivity contribution in [1.82, 2.24) is 14.7 Å². The molecule has 2 aliphatic heterocycles. The van der Waals surface area contributed by atoms with Crippen LogP contribution >= 0.6 is 0 Å². The molecule has 40 heavy (non-hydrogen) atoms. The van der Waals surface area contributed by atoms with E-state index in [1.54, 1.807) is 4.90 Å².